The zero-order valence-corrected chi connectivity index (χ0v) is 14.0. The van der Waals surface area contributed by atoms with Gasteiger partial charge in [-0.2, -0.15) is 0 Å². The van der Waals surface area contributed by atoms with Crippen molar-refractivity contribution in [1.29, 1.82) is 0 Å². The Kier molecular flexibility index (Phi) is 5.28. The molecule has 8 nitrogen and oxygen atoms in total. The molecular formula is C16H22N4O4. The summed E-state index contributed by atoms with van der Waals surface area (Å²) in [5, 5.41) is 2.46. The predicted octanol–water partition coefficient (Wildman–Crippen LogP) is -0.423. The van der Waals surface area contributed by atoms with Crippen LogP contribution in [0.4, 0.5) is 5.69 Å². The fourth-order valence-electron chi connectivity index (χ4n) is 2.47. The maximum atomic E-state index is 12.1. The molecule has 1 aliphatic heterocycles. The summed E-state index contributed by atoms with van der Waals surface area (Å²) < 4.78 is 5.69. The quantitative estimate of drug-likeness (QED) is 0.761. The topological polar surface area (TPSA) is 105 Å². The molecule has 8 heteroatoms. The number of rotatable bonds is 5. The van der Waals surface area contributed by atoms with E-state index in [-0.39, 0.29) is 30.8 Å². The molecule has 3 amide bonds. The molecule has 2 rings (SSSR count). The first-order valence-electron chi connectivity index (χ1n) is 7.56. The molecule has 0 spiro atoms. The number of likely N-dealkylation sites (N-methyl/N-ethyl adjacent to an activating group) is 1. The Morgan fingerprint density at radius 3 is 2.71 bits per heavy atom. The van der Waals surface area contributed by atoms with Crippen molar-refractivity contribution >= 4 is 23.4 Å². The van der Waals surface area contributed by atoms with E-state index in [4.69, 9.17) is 10.5 Å². The monoisotopic (exact) mass is 334 g/mol. The van der Waals surface area contributed by atoms with Crippen LogP contribution in [0, 0.1) is 0 Å². The lowest BCUT2D eigenvalue weighted by atomic mass is 10.1. The molecule has 24 heavy (non-hydrogen) atoms. The van der Waals surface area contributed by atoms with Gasteiger partial charge in [0.25, 0.3) is 5.91 Å². The van der Waals surface area contributed by atoms with E-state index in [1.54, 1.807) is 32.3 Å². The minimum Gasteiger partial charge on any atom is -0.489 e. The van der Waals surface area contributed by atoms with Crippen molar-refractivity contribution in [2.45, 2.75) is 12.5 Å². The number of primary amides is 1. The Hall–Kier alpha value is -2.77. The number of anilines is 1. The Bertz CT molecular complexity index is 659. The summed E-state index contributed by atoms with van der Waals surface area (Å²) in [4.78, 5) is 38.1. The van der Waals surface area contributed by atoms with Crippen LogP contribution in [0.2, 0.25) is 0 Å². The molecule has 3 N–H and O–H groups in total. The normalized spacial score (nSPS) is 16.0. The third kappa shape index (κ3) is 3.95. The van der Waals surface area contributed by atoms with Crippen LogP contribution in [0.1, 0.15) is 16.8 Å². The van der Waals surface area contributed by atoms with Crippen molar-refractivity contribution in [3.8, 4) is 5.75 Å². The number of fused-ring (bicyclic) bond motifs is 1. The molecule has 0 fully saturated rings. The summed E-state index contributed by atoms with van der Waals surface area (Å²) in [6.45, 7) is 0.155. The maximum absolute atomic E-state index is 12.1. The Balaban J connectivity index is 2.12. The zero-order valence-electron chi connectivity index (χ0n) is 14.0. The van der Waals surface area contributed by atoms with Gasteiger partial charge >= 0.3 is 0 Å². The fourth-order valence-corrected chi connectivity index (χ4v) is 2.47. The highest BCUT2D eigenvalue weighted by molar-refractivity contribution is 5.95. The van der Waals surface area contributed by atoms with Crippen molar-refractivity contribution < 1.29 is 19.1 Å². The summed E-state index contributed by atoms with van der Waals surface area (Å²) in [7, 11) is 5.22. The number of ether oxygens (including phenoxy) is 1. The van der Waals surface area contributed by atoms with E-state index >= 15 is 0 Å². The van der Waals surface area contributed by atoms with E-state index < -0.39 is 5.91 Å². The summed E-state index contributed by atoms with van der Waals surface area (Å²) in [6, 6.07) is 5.03. The van der Waals surface area contributed by atoms with Gasteiger partial charge in [0.15, 0.2) is 0 Å². The van der Waals surface area contributed by atoms with Gasteiger partial charge in [0.1, 0.15) is 12.4 Å². The number of carbonyl (C=O) groups excluding carboxylic acids is 3. The number of nitrogens with zero attached hydrogens (tertiary/aromatic N) is 2. The van der Waals surface area contributed by atoms with Crippen molar-refractivity contribution in [2.75, 3.05) is 39.2 Å². The fraction of sp³-hybridized carbons (Fsp3) is 0.438. The molecule has 0 radical (unpaired) electrons. The van der Waals surface area contributed by atoms with Crippen molar-refractivity contribution in [1.82, 2.24) is 10.2 Å². The van der Waals surface area contributed by atoms with Gasteiger partial charge in [-0.05, 0) is 18.2 Å². The SMILES string of the molecule is CN(C)C(=O)c1ccc2c(c1)N(C)C(CC(=O)NCC(N)=O)CO2. The molecule has 1 aliphatic rings. The smallest absolute Gasteiger partial charge is 0.253 e. The third-order valence-electron chi connectivity index (χ3n) is 3.85. The molecule has 0 saturated heterocycles. The largest absolute Gasteiger partial charge is 0.489 e. The standard InChI is InChI=1S/C16H22N4O4/c1-19(2)16(23)10-4-5-13-12(6-10)20(3)11(9-24-13)7-15(22)18-8-14(17)21/h4-6,11H,7-9H2,1-3H3,(H2,17,21)(H,18,22). The molecule has 0 aromatic heterocycles. The number of carbonyl (C=O) groups is 3. The Labute approximate surface area is 140 Å². The lowest BCUT2D eigenvalue weighted by molar-refractivity contribution is -0.125. The van der Waals surface area contributed by atoms with Crippen LogP contribution >= 0.6 is 0 Å². The van der Waals surface area contributed by atoms with Crippen molar-refractivity contribution in [2.24, 2.45) is 5.73 Å². The minimum absolute atomic E-state index is 0.104. The summed E-state index contributed by atoms with van der Waals surface area (Å²) in [5.41, 5.74) is 6.31. The van der Waals surface area contributed by atoms with Gasteiger partial charge in [0, 0.05) is 26.7 Å². The molecule has 1 aromatic rings. The van der Waals surface area contributed by atoms with Gasteiger partial charge in [-0.1, -0.05) is 0 Å². The first-order valence-corrected chi connectivity index (χ1v) is 7.56. The highest BCUT2D eigenvalue weighted by Gasteiger charge is 2.27. The second-order valence-electron chi connectivity index (χ2n) is 5.90. The number of amides is 3. The van der Waals surface area contributed by atoms with E-state index in [1.807, 2.05) is 11.9 Å². The lowest BCUT2D eigenvalue weighted by Crippen LogP contribution is -2.44. The van der Waals surface area contributed by atoms with Crippen molar-refractivity contribution in [3.05, 3.63) is 23.8 Å². The number of hydrogen-bond donors (Lipinski definition) is 2. The minimum atomic E-state index is -0.589. The number of nitrogens with one attached hydrogen (secondary N) is 1. The van der Waals surface area contributed by atoms with Gasteiger partial charge in [-0.25, -0.2) is 0 Å². The van der Waals surface area contributed by atoms with Crippen LogP contribution in [0.5, 0.6) is 5.75 Å². The van der Waals surface area contributed by atoms with E-state index in [9.17, 15) is 14.4 Å². The van der Waals surface area contributed by atoms with Crippen LogP contribution < -0.4 is 20.7 Å². The number of hydrogen-bond acceptors (Lipinski definition) is 5. The molecule has 1 aromatic carbocycles. The molecule has 1 unspecified atom stereocenters. The summed E-state index contributed by atoms with van der Waals surface area (Å²) >= 11 is 0. The van der Waals surface area contributed by atoms with Gasteiger partial charge in [0.2, 0.25) is 11.8 Å². The zero-order chi connectivity index (χ0) is 17.9. The molecule has 130 valence electrons. The Morgan fingerprint density at radius 1 is 1.38 bits per heavy atom. The van der Waals surface area contributed by atoms with Crippen LogP contribution in [0.15, 0.2) is 18.2 Å². The van der Waals surface area contributed by atoms with E-state index in [0.717, 1.165) is 5.69 Å². The molecule has 0 aliphatic carbocycles. The molecule has 0 saturated carbocycles. The van der Waals surface area contributed by atoms with Gasteiger partial charge in [-0.15, -0.1) is 0 Å². The highest BCUT2D eigenvalue weighted by Crippen LogP contribution is 2.34. The lowest BCUT2D eigenvalue weighted by Gasteiger charge is -2.35. The van der Waals surface area contributed by atoms with E-state index in [0.29, 0.717) is 17.9 Å². The van der Waals surface area contributed by atoms with E-state index in [1.165, 1.54) is 4.90 Å². The summed E-state index contributed by atoms with van der Waals surface area (Å²) in [5.74, 6) is -0.305. The average molecular weight is 334 g/mol. The van der Waals surface area contributed by atoms with Crippen LogP contribution in [-0.2, 0) is 9.59 Å². The van der Waals surface area contributed by atoms with Crippen LogP contribution in [0.25, 0.3) is 0 Å². The van der Waals surface area contributed by atoms with Crippen LogP contribution in [0.3, 0.4) is 0 Å². The van der Waals surface area contributed by atoms with Crippen LogP contribution in [-0.4, -0.2) is 63.0 Å². The maximum Gasteiger partial charge on any atom is 0.253 e. The highest BCUT2D eigenvalue weighted by atomic mass is 16.5. The third-order valence-corrected chi connectivity index (χ3v) is 3.85. The van der Waals surface area contributed by atoms with Crippen molar-refractivity contribution in [3.63, 3.8) is 0 Å². The second kappa shape index (κ2) is 7.20. The average Bonchev–Trinajstić information content (AvgIpc) is 2.54. The predicted molar refractivity (Wildman–Crippen MR) is 89.0 cm³/mol. The first kappa shape index (κ1) is 17.6. The first-order chi connectivity index (χ1) is 11.3. The number of benzene rings is 1. The molecular weight excluding hydrogens is 312 g/mol. The number of nitrogens with two attached hydrogens (primary N) is 1. The summed E-state index contributed by atoms with van der Waals surface area (Å²) in [6.07, 6.45) is 0.162. The Morgan fingerprint density at radius 2 is 2.08 bits per heavy atom. The van der Waals surface area contributed by atoms with Gasteiger partial charge < -0.3 is 25.6 Å². The van der Waals surface area contributed by atoms with Gasteiger partial charge in [0.05, 0.1) is 24.7 Å². The second-order valence-corrected chi connectivity index (χ2v) is 5.90. The molecule has 1 heterocycles. The van der Waals surface area contributed by atoms with E-state index in [2.05, 4.69) is 5.32 Å². The molecule has 1 atom stereocenters. The molecule has 0 bridgehead atoms. The van der Waals surface area contributed by atoms with Gasteiger partial charge in [-0.3, -0.25) is 14.4 Å².